The Morgan fingerprint density at radius 2 is 0.796 bits per heavy atom. The van der Waals surface area contributed by atoms with Crippen molar-refractivity contribution in [2.45, 2.75) is 68.3 Å². The van der Waals surface area contributed by atoms with Crippen molar-refractivity contribution in [2.75, 3.05) is 13.2 Å². The highest BCUT2D eigenvalue weighted by Gasteiger charge is 2.57. The molecule has 0 aromatic heterocycles. The largest absolute Gasteiger partial charge is 0.504 e. The molecule has 0 radical (unpaired) electrons. The van der Waals surface area contributed by atoms with Crippen molar-refractivity contribution in [3.8, 4) is 177 Å². The number of benzene rings is 8. The highest BCUT2D eigenvalue weighted by atomic mass is 16.8. The Balaban J connectivity index is 0.942. The van der Waals surface area contributed by atoms with Crippen molar-refractivity contribution in [3.05, 3.63) is 99.6 Å². The summed E-state index contributed by atoms with van der Waals surface area (Å²) in [5.74, 6) is -51.0. The quantitative estimate of drug-likeness (QED) is 0.0501. The molecule has 8 aromatic carbocycles. The number of aliphatic hydroxyl groups is 2. The van der Waals surface area contributed by atoms with Crippen LogP contribution in [0.5, 0.6) is 144 Å². The number of aromatic hydroxyl groups is 23. The summed E-state index contributed by atoms with van der Waals surface area (Å²) in [5.41, 5.74) is -15.0. The van der Waals surface area contributed by atoms with Gasteiger partial charge in [-0.15, -0.1) is 0 Å². The second-order valence-electron chi connectivity index (χ2n) is 24.5. The minimum absolute atomic E-state index is 0.177. The molecule has 113 heavy (non-hydrogen) atoms. The van der Waals surface area contributed by atoms with Crippen LogP contribution in [0.4, 0.5) is 0 Å². The van der Waals surface area contributed by atoms with Crippen molar-refractivity contribution in [1.29, 1.82) is 0 Å². The molecule has 0 spiro atoms. The van der Waals surface area contributed by atoms with Crippen LogP contribution in [-0.2, 0) is 52.2 Å². The van der Waals surface area contributed by atoms with Gasteiger partial charge in [-0.05, 0) is 54.6 Å². The van der Waals surface area contributed by atoms with E-state index < -0.39 is 338 Å². The zero-order valence-corrected chi connectivity index (χ0v) is 55.9. The molecule has 4 aliphatic rings. The number of hydrogen-bond donors (Lipinski definition) is 25. The van der Waals surface area contributed by atoms with Crippen molar-refractivity contribution < 1.29 is 218 Å². The van der Waals surface area contributed by atoms with Gasteiger partial charge in [0.15, 0.2) is 110 Å². The molecule has 4 heterocycles. The van der Waals surface area contributed by atoms with E-state index >= 15 is 9.59 Å². The molecule has 44 nitrogen and oxygen atoms in total. The maximum Gasteiger partial charge on any atom is 0.344 e. The molecule has 0 aliphatic carbocycles. The summed E-state index contributed by atoms with van der Waals surface area (Å²) in [6.45, 7) is -2.14. The molecule has 2 saturated heterocycles. The van der Waals surface area contributed by atoms with Gasteiger partial charge in [-0.2, -0.15) is 0 Å². The van der Waals surface area contributed by atoms with Crippen LogP contribution < -0.4 is 4.74 Å². The zero-order chi connectivity index (χ0) is 82.6. The standard InChI is InChI=1S/C69H52O44/c1-14(71)104-58-56-33(13-103-62(97)18-7-26(75)43(84)50(91)35(18)36-19(64(99)108-56)8-27(76)44(85)51(36)92)107-69(60(58)111-63(98)17-6-25(74)42(83)49(90)34(17)16-2-3-23(72)41(82)39(16)80)113-67(102)22-11-30(79)47(88)54(95)55(22)105-31-5-15(4-24(73)40(31)81)61(96)112-68-59-57(48(89)32(12-70)106-68)109-65(100)20-9-28(77)45(86)52(93)37(20)38-21(66(101)110-59)10-29(78)46(87)53(38)94/h2-11,32-33,48,56-60,68-70,72-95H,12-13H2,1H3. The van der Waals surface area contributed by atoms with Crippen LogP contribution in [0.3, 0.4) is 0 Å². The Morgan fingerprint density at radius 1 is 0.381 bits per heavy atom. The van der Waals surface area contributed by atoms with Gasteiger partial charge in [0, 0.05) is 46.4 Å². The smallest absolute Gasteiger partial charge is 0.344 e. The summed E-state index contributed by atoms with van der Waals surface area (Å²) >= 11 is 0. The SMILES string of the molecule is CC(=O)OC1C2OC(=O)c3cc(O)c(O)c(O)c3-c3c(cc(O)c(O)c3O)C(=O)OCC2OC(OC(=O)c2cc(O)c(O)c(O)c2Oc2cc(C(=O)OC3OC(CO)C(O)C4OC(=O)c5cc(O)c(O)c(O)c5-c5c(cc(O)c(O)c5O)C(=O)OC34)cc(O)c2O)C1OC(=O)c1cc(O)c(O)c(O)c1-c1ccc(O)c(O)c1O. The van der Waals surface area contributed by atoms with E-state index in [1.807, 2.05) is 0 Å². The van der Waals surface area contributed by atoms with Crippen LogP contribution >= 0.6 is 0 Å². The molecule has 12 rings (SSSR count). The number of carbonyl (C=O) groups is 8. The molecule has 44 heteroatoms. The number of aliphatic hydroxyl groups excluding tert-OH is 2. The Hall–Kier alpha value is -15.4. The van der Waals surface area contributed by atoms with Crippen LogP contribution in [0, 0.1) is 0 Å². The first-order valence-electron chi connectivity index (χ1n) is 31.5. The van der Waals surface area contributed by atoms with Gasteiger partial charge in [0.2, 0.25) is 76.5 Å². The van der Waals surface area contributed by atoms with E-state index in [9.17, 15) is 156 Å². The number of cyclic esters (lactones) is 1. The van der Waals surface area contributed by atoms with Gasteiger partial charge in [0.05, 0.1) is 40.0 Å². The summed E-state index contributed by atoms with van der Waals surface area (Å²) in [6, 6.07) is 4.03. The van der Waals surface area contributed by atoms with Crippen molar-refractivity contribution >= 4 is 47.8 Å². The Bertz CT molecular complexity index is 5450. The van der Waals surface area contributed by atoms with Crippen molar-refractivity contribution in [2.24, 2.45) is 0 Å². The molecular formula is C69H52O44. The monoisotopic (exact) mass is 1580 g/mol. The fraction of sp³-hybridized carbons (Fsp3) is 0.188. The second-order valence-corrected chi connectivity index (χ2v) is 24.5. The third-order valence-corrected chi connectivity index (χ3v) is 17.7. The number of phenols is 23. The lowest BCUT2D eigenvalue weighted by atomic mass is 9.91. The summed E-state index contributed by atoms with van der Waals surface area (Å²) in [5, 5.41) is 272. The third kappa shape index (κ3) is 13.1. The van der Waals surface area contributed by atoms with Crippen LogP contribution in [0.2, 0.25) is 0 Å². The Morgan fingerprint density at radius 3 is 1.29 bits per heavy atom. The van der Waals surface area contributed by atoms with E-state index in [2.05, 4.69) is 0 Å². The fourth-order valence-electron chi connectivity index (χ4n) is 12.3. The molecule has 592 valence electrons. The molecule has 8 aromatic rings. The molecule has 0 amide bonds. The number of esters is 8. The highest BCUT2D eigenvalue weighted by Crippen LogP contribution is 2.58. The average Bonchev–Trinajstić information content (AvgIpc) is 1.72. The van der Waals surface area contributed by atoms with Gasteiger partial charge in [-0.3, -0.25) is 4.79 Å². The van der Waals surface area contributed by atoms with Gasteiger partial charge < -0.3 is 180 Å². The minimum atomic E-state index is -2.98. The fourth-order valence-corrected chi connectivity index (χ4v) is 12.3. The van der Waals surface area contributed by atoms with Gasteiger partial charge in [0.1, 0.15) is 30.5 Å². The van der Waals surface area contributed by atoms with E-state index in [1.54, 1.807) is 0 Å². The number of hydrogen-bond acceptors (Lipinski definition) is 44. The second kappa shape index (κ2) is 28.6. The number of ether oxygens (including phenoxy) is 11. The molecular weight excluding hydrogens is 1530 g/mol. The number of carbonyl (C=O) groups excluding carboxylic acids is 8. The summed E-state index contributed by atoms with van der Waals surface area (Å²) < 4.78 is 61.6. The lowest BCUT2D eigenvalue weighted by molar-refractivity contribution is -0.286. The van der Waals surface area contributed by atoms with Gasteiger partial charge >= 0.3 is 47.8 Å². The minimum Gasteiger partial charge on any atom is -0.504 e. The van der Waals surface area contributed by atoms with Crippen LogP contribution in [0.25, 0.3) is 33.4 Å². The van der Waals surface area contributed by atoms with Crippen LogP contribution in [-0.4, -0.2) is 250 Å². The predicted molar refractivity (Wildman–Crippen MR) is 351 cm³/mol. The molecule has 0 bridgehead atoms. The van der Waals surface area contributed by atoms with E-state index in [-0.39, 0.29) is 6.07 Å². The normalized spacial score (nSPS) is 20.5. The average molecular weight is 1590 g/mol. The van der Waals surface area contributed by atoms with Crippen molar-refractivity contribution in [1.82, 2.24) is 0 Å². The first kappa shape index (κ1) is 77.2. The Labute approximate surface area is 622 Å². The zero-order valence-electron chi connectivity index (χ0n) is 55.9. The number of phenolic OH excluding ortho intramolecular Hbond substituents is 23. The summed E-state index contributed by atoms with van der Waals surface area (Å²) in [4.78, 5) is 116. The van der Waals surface area contributed by atoms with Crippen molar-refractivity contribution in [3.63, 3.8) is 0 Å². The van der Waals surface area contributed by atoms with Gasteiger partial charge in [-0.1, -0.05) is 0 Å². The maximum atomic E-state index is 15.1. The van der Waals surface area contributed by atoms with Gasteiger partial charge in [0.25, 0.3) is 0 Å². The van der Waals surface area contributed by atoms with Gasteiger partial charge in [-0.25, -0.2) is 33.6 Å². The van der Waals surface area contributed by atoms with E-state index in [0.29, 0.717) is 61.5 Å². The first-order valence-corrected chi connectivity index (χ1v) is 31.5. The van der Waals surface area contributed by atoms with Crippen LogP contribution in [0.1, 0.15) is 79.4 Å². The van der Waals surface area contributed by atoms with E-state index in [0.717, 1.165) is 0 Å². The summed E-state index contributed by atoms with van der Waals surface area (Å²) in [7, 11) is 0. The third-order valence-electron chi connectivity index (χ3n) is 17.7. The molecule has 0 saturated carbocycles. The lowest BCUT2D eigenvalue weighted by Gasteiger charge is -2.43. The molecule has 25 N–H and O–H groups in total. The summed E-state index contributed by atoms with van der Waals surface area (Å²) in [6.07, 6.45) is -25.6. The maximum absolute atomic E-state index is 15.1. The molecule has 10 unspecified atom stereocenters. The first-order chi connectivity index (χ1) is 53.2. The Kier molecular flexibility index (Phi) is 19.5. The lowest BCUT2D eigenvalue weighted by Crippen LogP contribution is -2.63. The highest BCUT2D eigenvalue weighted by molar-refractivity contribution is 6.11. The predicted octanol–water partition coefficient (Wildman–Crippen LogP) is 2.14. The van der Waals surface area contributed by atoms with E-state index in [4.69, 9.17) is 52.1 Å². The van der Waals surface area contributed by atoms with Crippen LogP contribution in [0.15, 0.2) is 60.7 Å². The topological polar surface area (TPSA) is 744 Å². The molecule has 4 aliphatic heterocycles. The number of rotatable bonds is 11. The van der Waals surface area contributed by atoms with E-state index in [1.165, 1.54) is 0 Å². The molecule has 2 fully saturated rings. The number of fused-ring (bicyclic) bond motifs is 8. The molecule has 10 atom stereocenters.